The highest BCUT2D eigenvalue weighted by atomic mass is 35.5. The third kappa shape index (κ3) is 4.21. The van der Waals surface area contributed by atoms with Crippen molar-refractivity contribution in [3.63, 3.8) is 0 Å². The van der Waals surface area contributed by atoms with Crippen molar-refractivity contribution < 1.29 is 4.74 Å². The zero-order valence-electron chi connectivity index (χ0n) is 12.2. The first-order valence-electron chi connectivity index (χ1n) is 7.21. The molecule has 1 fully saturated rings. The summed E-state index contributed by atoms with van der Waals surface area (Å²) in [6.45, 7) is 6.67. The second-order valence-electron chi connectivity index (χ2n) is 5.39. The van der Waals surface area contributed by atoms with Gasteiger partial charge >= 0.3 is 0 Å². The van der Waals surface area contributed by atoms with E-state index in [0.717, 1.165) is 13.1 Å². The summed E-state index contributed by atoms with van der Waals surface area (Å²) in [7, 11) is 1.58. The van der Waals surface area contributed by atoms with E-state index in [1.54, 1.807) is 7.11 Å². The van der Waals surface area contributed by atoms with E-state index in [2.05, 4.69) is 27.1 Å². The molecule has 0 bridgehead atoms. The molecule has 6 heteroatoms. The van der Waals surface area contributed by atoms with E-state index >= 15 is 0 Å². The summed E-state index contributed by atoms with van der Waals surface area (Å²) in [4.78, 5) is 10.6. The van der Waals surface area contributed by atoms with Gasteiger partial charge in [0, 0.05) is 13.1 Å². The van der Waals surface area contributed by atoms with Crippen LogP contribution < -0.4 is 10.1 Å². The number of likely N-dealkylation sites (tertiary alicyclic amines) is 1. The highest BCUT2D eigenvalue weighted by molar-refractivity contribution is 6.31. The zero-order valence-corrected chi connectivity index (χ0v) is 13.0. The number of ether oxygens (including phenoxy) is 1. The predicted molar refractivity (Wildman–Crippen MR) is 81.5 cm³/mol. The summed E-state index contributed by atoms with van der Waals surface area (Å²) < 4.78 is 5.23. The molecule has 2 rings (SSSR count). The molecule has 5 nitrogen and oxygen atoms in total. The van der Waals surface area contributed by atoms with Crippen LogP contribution in [-0.4, -0.2) is 48.2 Å². The lowest BCUT2D eigenvalue weighted by atomic mass is 10.1. The molecule has 0 saturated carbocycles. The number of hydrogen-bond acceptors (Lipinski definition) is 5. The van der Waals surface area contributed by atoms with Gasteiger partial charge in [-0.25, -0.2) is 9.97 Å². The maximum atomic E-state index is 5.98. The molecule has 2 heterocycles. The average molecular weight is 299 g/mol. The number of anilines is 1. The van der Waals surface area contributed by atoms with Gasteiger partial charge in [0.25, 0.3) is 0 Å². The predicted octanol–water partition coefficient (Wildman–Crippen LogP) is 2.67. The zero-order chi connectivity index (χ0) is 14.4. The highest BCUT2D eigenvalue weighted by Gasteiger charge is 2.15. The first-order chi connectivity index (χ1) is 9.70. The number of methoxy groups -OCH3 is 1. The summed E-state index contributed by atoms with van der Waals surface area (Å²) in [5.41, 5.74) is 0. The SMILES string of the molecule is COc1c(Cl)ncnc1NCC(C)CN1CCCCC1. The minimum atomic E-state index is 0.341. The highest BCUT2D eigenvalue weighted by Crippen LogP contribution is 2.28. The summed E-state index contributed by atoms with van der Waals surface area (Å²) in [6, 6.07) is 0. The third-order valence-electron chi connectivity index (χ3n) is 3.60. The summed E-state index contributed by atoms with van der Waals surface area (Å²) in [5, 5.41) is 3.65. The number of piperidine rings is 1. The molecule has 1 N–H and O–H groups in total. The van der Waals surface area contributed by atoms with Crippen LogP contribution in [0.4, 0.5) is 5.82 Å². The first kappa shape index (κ1) is 15.3. The molecule has 1 atom stereocenters. The number of nitrogens with zero attached hydrogens (tertiary/aromatic N) is 3. The van der Waals surface area contributed by atoms with Crippen molar-refractivity contribution in [1.82, 2.24) is 14.9 Å². The standard InChI is InChI=1S/C14H23ClN4O/c1-11(9-19-6-4-3-5-7-19)8-16-14-12(20-2)13(15)17-10-18-14/h10-11H,3-9H2,1-2H3,(H,16,17,18). The van der Waals surface area contributed by atoms with Crippen molar-refractivity contribution >= 4 is 17.4 Å². The van der Waals surface area contributed by atoms with E-state index < -0.39 is 0 Å². The van der Waals surface area contributed by atoms with Crippen LogP contribution in [0.5, 0.6) is 5.75 Å². The largest absolute Gasteiger partial charge is 0.490 e. The Kier molecular flexibility index (Phi) is 5.86. The van der Waals surface area contributed by atoms with E-state index in [0.29, 0.717) is 22.6 Å². The van der Waals surface area contributed by atoms with Crippen LogP contribution in [0.2, 0.25) is 5.15 Å². The molecule has 0 aliphatic carbocycles. The van der Waals surface area contributed by atoms with E-state index in [1.807, 2.05) is 0 Å². The number of halogens is 1. The normalized spacial score (nSPS) is 17.8. The lowest BCUT2D eigenvalue weighted by Crippen LogP contribution is -2.35. The number of rotatable bonds is 6. The Bertz CT molecular complexity index is 424. The van der Waals surface area contributed by atoms with Gasteiger partial charge in [-0.15, -0.1) is 0 Å². The molecule has 0 aromatic carbocycles. The van der Waals surface area contributed by atoms with Crippen molar-refractivity contribution in [1.29, 1.82) is 0 Å². The molecule has 1 aromatic heterocycles. The lowest BCUT2D eigenvalue weighted by Gasteiger charge is -2.29. The topological polar surface area (TPSA) is 50.3 Å². The van der Waals surface area contributed by atoms with Crippen molar-refractivity contribution in [3.8, 4) is 5.75 Å². The van der Waals surface area contributed by atoms with Crippen molar-refractivity contribution in [2.75, 3.05) is 38.6 Å². The quantitative estimate of drug-likeness (QED) is 0.818. The van der Waals surface area contributed by atoms with Crippen LogP contribution in [-0.2, 0) is 0 Å². The van der Waals surface area contributed by atoms with Gasteiger partial charge in [-0.3, -0.25) is 0 Å². The molecule has 1 aromatic rings. The van der Waals surface area contributed by atoms with Crippen LogP contribution in [0.3, 0.4) is 0 Å². The molecular formula is C14H23ClN4O. The molecule has 1 unspecified atom stereocenters. The monoisotopic (exact) mass is 298 g/mol. The fourth-order valence-electron chi connectivity index (χ4n) is 2.58. The average Bonchev–Trinajstić information content (AvgIpc) is 2.46. The van der Waals surface area contributed by atoms with Crippen molar-refractivity contribution in [2.45, 2.75) is 26.2 Å². The van der Waals surface area contributed by atoms with Crippen LogP contribution in [0.25, 0.3) is 0 Å². The molecule has 1 aliphatic rings. The molecule has 1 saturated heterocycles. The fraction of sp³-hybridized carbons (Fsp3) is 0.714. The first-order valence-corrected chi connectivity index (χ1v) is 7.59. The van der Waals surface area contributed by atoms with Gasteiger partial charge in [0.05, 0.1) is 7.11 Å². The van der Waals surface area contributed by atoms with Gasteiger partial charge in [0.15, 0.2) is 16.7 Å². The van der Waals surface area contributed by atoms with Gasteiger partial charge in [-0.05, 0) is 31.8 Å². The molecule has 20 heavy (non-hydrogen) atoms. The molecule has 112 valence electrons. The van der Waals surface area contributed by atoms with E-state index in [9.17, 15) is 0 Å². The lowest BCUT2D eigenvalue weighted by molar-refractivity contribution is 0.204. The molecule has 0 spiro atoms. The van der Waals surface area contributed by atoms with Gasteiger partial charge in [0.2, 0.25) is 0 Å². The van der Waals surface area contributed by atoms with Crippen LogP contribution in [0.1, 0.15) is 26.2 Å². The third-order valence-corrected chi connectivity index (χ3v) is 3.87. The van der Waals surface area contributed by atoms with Gasteiger partial charge in [-0.2, -0.15) is 0 Å². The van der Waals surface area contributed by atoms with Gasteiger partial charge in [-0.1, -0.05) is 24.9 Å². The Morgan fingerprint density at radius 1 is 1.35 bits per heavy atom. The van der Waals surface area contributed by atoms with Crippen molar-refractivity contribution in [2.24, 2.45) is 5.92 Å². The Morgan fingerprint density at radius 2 is 2.10 bits per heavy atom. The number of hydrogen-bond donors (Lipinski definition) is 1. The fourth-order valence-corrected chi connectivity index (χ4v) is 2.79. The molecule has 0 radical (unpaired) electrons. The number of nitrogens with one attached hydrogen (secondary N) is 1. The Balaban J connectivity index is 1.83. The molecule has 1 aliphatic heterocycles. The van der Waals surface area contributed by atoms with Gasteiger partial charge in [0.1, 0.15) is 6.33 Å². The van der Waals surface area contributed by atoms with Crippen LogP contribution in [0, 0.1) is 5.92 Å². The maximum absolute atomic E-state index is 5.98. The number of aromatic nitrogens is 2. The van der Waals surface area contributed by atoms with Crippen molar-refractivity contribution in [3.05, 3.63) is 11.5 Å². The molecular weight excluding hydrogens is 276 g/mol. The summed E-state index contributed by atoms with van der Waals surface area (Å²) in [6.07, 6.45) is 5.48. The van der Waals surface area contributed by atoms with E-state index in [4.69, 9.17) is 16.3 Å². The molecule has 0 amide bonds. The van der Waals surface area contributed by atoms with Crippen LogP contribution >= 0.6 is 11.6 Å². The summed E-state index contributed by atoms with van der Waals surface area (Å²) >= 11 is 5.98. The van der Waals surface area contributed by atoms with Crippen LogP contribution in [0.15, 0.2) is 6.33 Å². The smallest absolute Gasteiger partial charge is 0.198 e. The Hall–Kier alpha value is -1.07. The second kappa shape index (κ2) is 7.64. The van der Waals surface area contributed by atoms with E-state index in [1.165, 1.54) is 38.7 Å². The summed E-state index contributed by atoms with van der Waals surface area (Å²) in [5.74, 6) is 1.73. The van der Waals surface area contributed by atoms with Gasteiger partial charge < -0.3 is 15.0 Å². The second-order valence-corrected chi connectivity index (χ2v) is 5.75. The van der Waals surface area contributed by atoms with E-state index in [-0.39, 0.29) is 0 Å². The minimum Gasteiger partial charge on any atom is -0.490 e. The Labute approximate surface area is 125 Å². The minimum absolute atomic E-state index is 0.341. The Morgan fingerprint density at radius 3 is 2.80 bits per heavy atom. The maximum Gasteiger partial charge on any atom is 0.198 e.